The molecule has 0 aliphatic carbocycles. The summed E-state index contributed by atoms with van der Waals surface area (Å²) >= 11 is 0. The summed E-state index contributed by atoms with van der Waals surface area (Å²) in [5.41, 5.74) is 7.68. The third-order valence-electron chi connectivity index (χ3n) is 4.83. The number of rotatable bonds is 0. The van der Waals surface area contributed by atoms with Crippen LogP contribution in [0.5, 0.6) is 0 Å². The Morgan fingerprint density at radius 2 is 1.95 bits per heavy atom. The molecule has 3 aromatic heterocycles. The number of hydrogen-bond donors (Lipinski definition) is 0. The third-order valence-corrected chi connectivity index (χ3v) is 4.83. The summed E-state index contributed by atoms with van der Waals surface area (Å²) in [6.45, 7) is 4.32. The molecular formula is C18H15N3. The van der Waals surface area contributed by atoms with Gasteiger partial charge in [0.15, 0.2) is 0 Å². The van der Waals surface area contributed by atoms with Crippen molar-refractivity contribution in [2.75, 3.05) is 0 Å². The molecule has 0 spiro atoms. The van der Waals surface area contributed by atoms with Crippen molar-refractivity contribution in [2.45, 2.75) is 26.7 Å². The second-order valence-electron chi connectivity index (χ2n) is 5.99. The van der Waals surface area contributed by atoms with Crippen molar-refractivity contribution in [3.8, 4) is 0 Å². The van der Waals surface area contributed by atoms with Gasteiger partial charge in [0.1, 0.15) is 5.65 Å². The van der Waals surface area contributed by atoms with Crippen LogP contribution in [0.25, 0.3) is 27.3 Å². The van der Waals surface area contributed by atoms with Crippen molar-refractivity contribution in [1.29, 1.82) is 0 Å². The average molecular weight is 273 g/mol. The van der Waals surface area contributed by atoms with E-state index in [0.717, 1.165) is 29.6 Å². The van der Waals surface area contributed by atoms with E-state index in [0.29, 0.717) is 0 Å². The number of pyridine rings is 2. The van der Waals surface area contributed by atoms with Crippen LogP contribution in [0.2, 0.25) is 0 Å². The van der Waals surface area contributed by atoms with Crippen LogP contribution in [0.3, 0.4) is 0 Å². The Bertz CT molecular complexity index is 1060. The standard InChI is InChI=1S/C18H15N3/c1-10-3-4-12-5-6-15-11(2)20-18-14-9-19-8-7-13(14)16(10)17(12)21(15)18/h3-4,7-9H,5-6H2,1-2H3. The van der Waals surface area contributed by atoms with Gasteiger partial charge in [0.25, 0.3) is 0 Å². The first kappa shape index (κ1) is 11.3. The Hall–Kier alpha value is -2.42. The van der Waals surface area contributed by atoms with Crippen molar-refractivity contribution < 1.29 is 0 Å². The molecule has 0 amide bonds. The topological polar surface area (TPSA) is 30.2 Å². The zero-order chi connectivity index (χ0) is 14.1. The Labute approximate surface area is 122 Å². The lowest BCUT2D eigenvalue weighted by molar-refractivity contribution is 0.865. The van der Waals surface area contributed by atoms with Crippen LogP contribution in [-0.4, -0.2) is 14.4 Å². The molecule has 1 aliphatic heterocycles. The summed E-state index contributed by atoms with van der Waals surface area (Å²) < 4.78 is 2.38. The highest BCUT2D eigenvalue weighted by atomic mass is 15.0. The molecule has 0 saturated carbocycles. The summed E-state index contributed by atoms with van der Waals surface area (Å²) in [5, 5.41) is 3.78. The predicted octanol–water partition coefficient (Wildman–Crippen LogP) is 3.75. The van der Waals surface area contributed by atoms with Crippen LogP contribution in [0.15, 0.2) is 30.6 Å². The van der Waals surface area contributed by atoms with Gasteiger partial charge in [-0.3, -0.25) is 9.38 Å². The lowest BCUT2D eigenvalue weighted by Gasteiger charge is -2.19. The van der Waals surface area contributed by atoms with Crippen LogP contribution < -0.4 is 0 Å². The minimum Gasteiger partial charge on any atom is -0.296 e. The number of fused-ring (bicyclic) bond motifs is 3. The Morgan fingerprint density at radius 3 is 2.86 bits per heavy atom. The maximum atomic E-state index is 4.85. The van der Waals surface area contributed by atoms with Gasteiger partial charge in [0.2, 0.25) is 0 Å². The summed E-state index contributed by atoms with van der Waals surface area (Å²) in [6.07, 6.45) is 6.01. The zero-order valence-electron chi connectivity index (χ0n) is 12.1. The van der Waals surface area contributed by atoms with Crippen LogP contribution in [0.1, 0.15) is 22.5 Å². The molecule has 0 fully saturated rings. The van der Waals surface area contributed by atoms with Crippen molar-refractivity contribution in [3.63, 3.8) is 0 Å². The molecule has 5 rings (SSSR count). The van der Waals surface area contributed by atoms with E-state index in [1.165, 1.54) is 33.1 Å². The van der Waals surface area contributed by atoms with E-state index in [1.54, 1.807) is 0 Å². The van der Waals surface area contributed by atoms with E-state index < -0.39 is 0 Å². The molecule has 3 heteroatoms. The summed E-state index contributed by atoms with van der Waals surface area (Å²) in [5.74, 6) is 0. The quantitative estimate of drug-likeness (QED) is 0.457. The first-order chi connectivity index (χ1) is 10.3. The fourth-order valence-electron chi connectivity index (χ4n) is 3.85. The third kappa shape index (κ3) is 1.24. The largest absolute Gasteiger partial charge is 0.296 e. The van der Waals surface area contributed by atoms with Crippen LogP contribution in [-0.2, 0) is 12.8 Å². The molecule has 0 unspecified atom stereocenters. The van der Waals surface area contributed by atoms with Gasteiger partial charge in [0, 0.05) is 28.9 Å². The lowest BCUT2D eigenvalue weighted by atomic mass is 9.95. The molecule has 0 atom stereocenters. The van der Waals surface area contributed by atoms with Gasteiger partial charge in [-0.1, -0.05) is 12.1 Å². The SMILES string of the molecule is Cc1nc2c3cnccc3c3c(C)ccc4c3n2c1CC4. The first-order valence-electron chi connectivity index (χ1n) is 7.41. The van der Waals surface area contributed by atoms with E-state index in [1.807, 2.05) is 12.4 Å². The van der Waals surface area contributed by atoms with Crippen LogP contribution in [0.4, 0.5) is 0 Å². The van der Waals surface area contributed by atoms with E-state index >= 15 is 0 Å². The van der Waals surface area contributed by atoms with Crippen molar-refractivity contribution in [3.05, 3.63) is 53.1 Å². The van der Waals surface area contributed by atoms with Crippen molar-refractivity contribution >= 4 is 27.3 Å². The predicted molar refractivity (Wildman–Crippen MR) is 84.9 cm³/mol. The first-order valence-corrected chi connectivity index (χ1v) is 7.41. The fourth-order valence-corrected chi connectivity index (χ4v) is 3.85. The molecule has 21 heavy (non-hydrogen) atoms. The van der Waals surface area contributed by atoms with Gasteiger partial charge in [0.05, 0.1) is 11.2 Å². The van der Waals surface area contributed by atoms with E-state index in [-0.39, 0.29) is 0 Å². The molecule has 0 N–H and O–H groups in total. The van der Waals surface area contributed by atoms with Gasteiger partial charge in [-0.15, -0.1) is 0 Å². The Balaban J connectivity index is 2.27. The highest BCUT2D eigenvalue weighted by molar-refractivity contribution is 6.13. The second kappa shape index (κ2) is 3.61. The summed E-state index contributed by atoms with van der Waals surface area (Å²) in [4.78, 5) is 9.17. The van der Waals surface area contributed by atoms with Gasteiger partial charge in [-0.25, -0.2) is 4.98 Å². The van der Waals surface area contributed by atoms with Crippen LogP contribution >= 0.6 is 0 Å². The molecule has 4 aromatic rings. The highest BCUT2D eigenvalue weighted by Gasteiger charge is 2.22. The van der Waals surface area contributed by atoms with Gasteiger partial charge < -0.3 is 0 Å². The molecule has 0 saturated heterocycles. The monoisotopic (exact) mass is 273 g/mol. The molecule has 1 aliphatic rings. The van der Waals surface area contributed by atoms with E-state index in [4.69, 9.17) is 4.98 Å². The number of imidazole rings is 1. The average Bonchev–Trinajstić information content (AvgIpc) is 2.85. The van der Waals surface area contributed by atoms with E-state index in [2.05, 4.69) is 41.4 Å². The maximum Gasteiger partial charge on any atom is 0.147 e. The highest BCUT2D eigenvalue weighted by Crippen LogP contribution is 2.37. The molecule has 4 heterocycles. The maximum absolute atomic E-state index is 4.85. The molecule has 3 nitrogen and oxygen atoms in total. The molecular weight excluding hydrogens is 258 g/mol. The van der Waals surface area contributed by atoms with Crippen molar-refractivity contribution in [2.24, 2.45) is 0 Å². The summed E-state index contributed by atoms with van der Waals surface area (Å²) in [7, 11) is 0. The fraction of sp³-hybridized carbons (Fsp3) is 0.222. The van der Waals surface area contributed by atoms with Crippen molar-refractivity contribution in [1.82, 2.24) is 14.4 Å². The Morgan fingerprint density at radius 1 is 1.05 bits per heavy atom. The molecule has 102 valence electrons. The van der Waals surface area contributed by atoms with Gasteiger partial charge in [-0.2, -0.15) is 0 Å². The molecule has 0 radical (unpaired) electrons. The normalized spacial score (nSPS) is 13.8. The van der Waals surface area contributed by atoms with Crippen LogP contribution in [0, 0.1) is 13.8 Å². The Kier molecular flexibility index (Phi) is 1.94. The lowest BCUT2D eigenvalue weighted by Crippen LogP contribution is -2.08. The smallest absolute Gasteiger partial charge is 0.147 e. The minimum atomic E-state index is 1.06. The van der Waals surface area contributed by atoms with Gasteiger partial charge in [-0.05, 0) is 49.3 Å². The molecule has 0 bridgehead atoms. The number of benzene rings is 1. The number of nitrogens with zero attached hydrogens (tertiary/aromatic N) is 3. The van der Waals surface area contributed by atoms with Gasteiger partial charge >= 0.3 is 0 Å². The van der Waals surface area contributed by atoms with E-state index in [9.17, 15) is 0 Å². The zero-order valence-corrected chi connectivity index (χ0v) is 12.1. The number of aryl methyl sites for hydroxylation is 4. The number of aromatic nitrogens is 3. The second-order valence-corrected chi connectivity index (χ2v) is 5.99. The minimum absolute atomic E-state index is 1.06. The number of hydrogen-bond acceptors (Lipinski definition) is 2. The summed E-state index contributed by atoms with van der Waals surface area (Å²) in [6, 6.07) is 6.65. The molecule has 1 aromatic carbocycles.